The molecule has 0 unspecified atom stereocenters. The number of benzene rings is 2. The molecule has 5 heteroatoms. The highest BCUT2D eigenvalue weighted by molar-refractivity contribution is 5.95. The van der Waals surface area contributed by atoms with Crippen LogP contribution in [0.2, 0.25) is 0 Å². The third-order valence-electron chi connectivity index (χ3n) is 4.64. The first-order chi connectivity index (χ1) is 13.0. The van der Waals surface area contributed by atoms with Crippen LogP contribution in [-0.4, -0.2) is 38.0 Å². The normalized spacial score (nSPS) is 10.4. The van der Waals surface area contributed by atoms with Crippen LogP contribution in [0.15, 0.2) is 48.5 Å². The van der Waals surface area contributed by atoms with Crippen molar-refractivity contribution in [3.8, 4) is 0 Å². The molecule has 1 N–H and O–H groups in total. The molecule has 0 aliphatic heterocycles. The predicted octanol–water partition coefficient (Wildman–Crippen LogP) is 3.62. The number of rotatable bonds is 8. The van der Waals surface area contributed by atoms with E-state index in [2.05, 4.69) is 30.1 Å². The highest BCUT2D eigenvalue weighted by Gasteiger charge is 2.15. The second-order valence-corrected chi connectivity index (χ2v) is 6.44. The highest BCUT2D eigenvalue weighted by Crippen LogP contribution is 2.25. The van der Waals surface area contributed by atoms with Gasteiger partial charge >= 0.3 is 0 Å². The maximum Gasteiger partial charge on any atom is 0.251 e. The molecule has 0 saturated carbocycles. The molecule has 0 atom stereocenters. The van der Waals surface area contributed by atoms with Crippen molar-refractivity contribution in [2.75, 3.05) is 36.0 Å². The zero-order chi connectivity index (χ0) is 19.8. The third kappa shape index (κ3) is 5.33. The maximum absolute atomic E-state index is 12.2. The number of aryl methyl sites for hydroxylation is 1. The summed E-state index contributed by atoms with van der Waals surface area (Å²) in [4.78, 5) is 28.3. The molecule has 2 amide bonds. The van der Waals surface area contributed by atoms with Crippen LogP contribution in [0.1, 0.15) is 36.7 Å². The summed E-state index contributed by atoms with van der Waals surface area (Å²) >= 11 is 0. The molecule has 0 heterocycles. The molecule has 0 aromatic heterocycles. The Morgan fingerprint density at radius 3 is 2.22 bits per heavy atom. The van der Waals surface area contributed by atoms with E-state index in [9.17, 15) is 9.59 Å². The molecule has 5 nitrogen and oxygen atoms in total. The molecule has 2 aromatic rings. The van der Waals surface area contributed by atoms with E-state index in [4.69, 9.17) is 0 Å². The van der Waals surface area contributed by atoms with Gasteiger partial charge in [-0.15, -0.1) is 0 Å². The van der Waals surface area contributed by atoms with E-state index in [1.165, 1.54) is 0 Å². The average Bonchev–Trinajstić information content (AvgIpc) is 2.67. The van der Waals surface area contributed by atoms with Crippen LogP contribution in [0.4, 0.5) is 11.4 Å². The Bertz CT molecular complexity index is 770. The van der Waals surface area contributed by atoms with Crippen LogP contribution < -0.4 is 15.1 Å². The lowest BCUT2D eigenvalue weighted by molar-refractivity contribution is -0.116. The Balaban J connectivity index is 2.06. The van der Waals surface area contributed by atoms with Gasteiger partial charge in [-0.1, -0.05) is 18.2 Å². The molecule has 0 spiro atoms. The first kappa shape index (κ1) is 20.5. The van der Waals surface area contributed by atoms with Gasteiger partial charge < -0.3 is 15.1 Å². The van der Waals surface area contributed by atoms with E-state index in [-0.39, 0.29) is 11.8 Å². The minimum absolute atomic E-state index is 0.0392. The predicted molar refractivity (Wildman–Crippen MR) is 112 cm³/mol. The number of carbonyl (C=O) groups is 2. The third-order valence-corrected chi connectivity index (χ3v) is 4.64. The monoisotopic (exact) mass is 367 g/mol. The largest absolute Gasteiger partial charge is 0.372 e. The summed E-state index contributed by atoms with van der Waals surface area (Å²) < 4.78 is 0. The molecular formula is C22H29N3O2. The van der Waals surface area contributed by atoms with Crippen LogP contribution in [0, 0.1) is 6.92 Å². The van der Waals surface area contributed by atoms with Crippen molar-refractivity contribution < 1.29 is 9.59 Å². The summed E-state index contributed by atoms with van der Waals surface area (Å²) in [7, 11) is 0. The van der Waals surface area contributed by atoms with Gasteiger partial charge in [-0.25, -0.2) is 0 Å². The topological polar surface area (TPSA) is 52.6 Å². The van der Waals surface area contributed by atoms with Gasteiger partial charge in [0, 0.05) is 50.0 Å². The van der Waals surface area contributed by atoms with Crippen LogP contribution in [0.5, 0.6) is 0 Å². The van der Waals surface area contributed by atoms with Crippen LogP contribution in [0.25, 0.3) is 0 Å². The van der Waals surface area contributed by atoms with Crippen LogP contribution in [0.3, 0.4) is 0 Å². The Morgan fingerprint density at radius 1 is 1.00 bits per heavy atom. The van der Waals surface area contributed by atoms with E-state index in [0.717, 1.165) is 30.0 Å². The van der Waals surface area contributed by atoms with Crippen LogP contribution in [-0.2, 0) is 4.79 Å². The molecule has 0 fully saturated rings. The number of nitrogens with zero attached hydrogens (tertiary/aromatic N) is 2. The number of nitrogens with one attached hydrogen (secondary N) is 1. The number of hydrogen-bond acceptors (Lipinski definition) is 3. The number of anilines is 2. The molecule has 0 bridgehead atoms. The summed E-state index contributed by atoms with van der Waals surface area (Å²) in [5.41, 5.74) is 3.70. The second-order valence-electron chi connectivity index (χ2n) is 6.44. The van der Waals surface area contributed by atoms with Gasteiger partial charge in [0.1, 0.15) is 0 Å². The standard InChI is InChI=1S/C22H29N3O2/c1-5-24(6-2)20-12-13-21(17(3)16-20)25(18(4)26)15-14-23-22(27)19-10-8-7-9-11-19/h7-13,16H,5-6,14-15H2,1-4H3,(H,23,27). The molecule has 0 saturated heterocycles. The quantitative estimate of drug-likeness (QED) is 0.775. The zero-order valence-corrected chi connectivity index (χ0v) is 16.7. The molecule has 2 rings (SSSR count). The summed E-state index contributed by atoms with van der Waals surface area (Å²) in [6, 6.07) is 15.2. The van der Waals surface area contributed by atoms with Gasteiger partial charge in [-0.05, 0) is 56.7 Å². The molecule has 144 valence electrons. The minimum atomic E-state index is -0.132. The minimum Gasteiger partial charge on any atom is -0.372 e. The van der Waals surface area contributed by atoms with Crippen molar-refractivity contribution >= 4 is 23.2 Å². The summed E-state index contributed by atoms with van der Waals surface area (Å²) in [6.07, 6.45) is 0. The van der Waals surface area contributed by atoms with Gasteiger partial charge in [0.05, 0.1) is 0 Å². The Hall–Kier alpha value is -2.82. The van der Waals surface area contributed by atoms with Crippen molar-refractivity contribution in [1.82, 2.24) is 5.32 Å². The van der Waals surface area contributed by atoms with Crippen molar-refractivity contribution in [3.63, 3.8) is 0 Å². The number of carbonyl (C=O) groups excluding carboxylic acids is 2. The highest BCUT2D eigenvalue weighted by atomic mass is 16.2. The van der Waals surface area contributed by atoms with E-state index in [1.54, 1.807) is 24.0 Å². The van der Waals surface area contributed by atoms with E-state index in [0.29, 0.717) is 18.7 Å². The Labute approximate surface area is 162 Å². The fourth-order valence-electron chi connectivity index (χ4n) is 3.15. The van der Waals surface area contributed by atoms with Gasteiger partial charge in [0.25, 0.3) is 5.91 Å². The van der Waals surface area contributed by atoms with Crippen molar-refractivity contribution in [1.29, 1.82) is 0 Å². The number of hydrogen-bond donors (Lipinski definition) is 1. The van der Waals surface area contributed by atoms with Crippen molar-refractivity contribution in [3.05, 3.63) is 59.7 Å². The molecule has 0 aliphatic rings. The lowest BCUT2D eigenvalue weighted by Gasteiger charge is -2.26. The van der Waals surface area contributed by atoms with E-state index < -0.39 is 0 Å². The summed E-state index contributed by atoms with van der Waals surface area (Å²) in [5.74, 6) is -0.171. The molecule has 27 heavy (non-hydrogen) atoms. The van der Waals surface area contributed by atoms with Gasteiger partial charge in [0.2, 0.25) is 5.91 Å². The van der Waals surface area contributed by atoms with Crippen molar-refractivity contribution in [2.45, 2.75) is 27.7 Å². The molecule has 2 aromatic carbocycles. The SMILES string of the molecule is CCN(CC)c1ccc(N(CCNC(=O)c2ccccc2)C(C)=O)c(C)c1. The lowest BCUT2D eigenvalue weighted by atomic mass is 10.1. The first-order valence-corrected chi connectivity index (χ1v) is 9.44. The van der Waals surface area contributed by atoms with Gasteiger partial charge in [-0.2, -0.15) is 0 Å². The average molecular weight is 367 g/mol. The van der Waals surface area contributed by atoms with E-state index >= 15 is 0 Å². The summed E-state index contributed by atoms with van der Waals surface area (Å²) in [5, 5.41) is 2.88. The number of amides is 2. The fraction of sp³-hybridized carbons (Fsp3) is 0.364. The zero-order valence-electron chi connectivity index (χ0n) is 16.7. The van der Waals surface area contributed by atoms with E-state index in [1.807, 2.05) is 37.3 Å². The van der Waals surface area contributed by atoms with Gasteiger partial charge in [-0.3, -0.25) is 9.59 Å². The molecular weight excluding hydrogens is 338 g/mol. The fourth-order valence-corrected chi connectivity index (χ4v) is 3.15. The molecule has 0 radical (unpaired) electrons. The smallest absolute Gasteiger partial charge is 0.251 e. The second kappa shape index (κ2) is 9.76. The Kier molecular flexibility index (Phi) is 7.41. The Morgan fingerprint density at radius 2 is 1.67 bits per heavy atom. The first-order valence-electron chi connectivity index (χ1n) is 9.44. The van der Waals surface area contributed by atoms with Gasteiger partial charge in [0.15, 0.2) is 0 Å². The van der Waals surface area contributed by atoms with Crippen molar-refractivity contribution in [2.24, 2.45) is 0 Å². The lowest BCUT2D eigenvalue weighted by Crippen LogP contribution is -2.38. The van der Waals surface area contributed by atoms with Crippen LogP contribution >= 0.6 is 0 Å². The molecule has 0 aliphatic carbocycles. The maximum atomic E-state index is 12.2. The summed E-state index contributed by atoms with van der Waals surface area (Å²) in [6.45, 7) is 10.5.